The zero-order chi connectivity index (χ0) is 22.0. The number of hydrogen-bond donors (Lipinski definition) is 0. The maximum Gasteiger partial charge on any atom is 0.278 e. The highest BCUT2D eigenvalue weighted by Crippen LogP contribution is 2.32. The Morgan fingerprint density at radius 2 is 1.80 bits per heavy atom. The van der Waals surface area contributed by atoms with Gasteiger partial charge >= 0.3 is 0 Å². The van der Waals surface area contributed by atoms with Crippen molar-refractivity contribution in [3.8, 4) is 0 Å². The lowest BCUT2D eigenvalue weighted by Gasteiger charge is -2.25. The highest BCUT2D eigenvalue weighted by molar-refractivity contribution is 7.22. The van der Waals surface area contributed by atoms with Crippen LogP contribution in [0.25, 0.3) is 10.2 Å². The van der Waals surface area contributed by atoms with Gasteiger partial charge in [0.05, 0.1) is 15.9 Å². The average Bonchev–Trinajstić information content (AvgIpc) is 3.28. The number of anilines is 1. The van der Waals surface area contributed by atoms with Crippen LogP contribution in [0.15, 0.2) is 18.2 Å². The molecule has 162 valence electrons. The Morgan fingerprint density at radius 1 is 1.10 bits per heavy atom. The summed E-state index contributed by atoms with van der Waals surface area (Å²) < 4.78 is 2.95. The molecule has 2 heterocycles. The Balaban J connectivity index is 2.05. The van der Waals surface area contributed by atoms with Gasteiger partial charge in [-0.25, -0.2) is 4.98 Å². The molecule has 0 aliphatic carbocycles. The number of carbonyl (C=O) groups is 1. The standard InChI is InChI=1S/C23H33N5OS/c1-8-26(9-2)10-11-27(22(29)19-14-18(7)25-28(19)15(3)4)23-24-21-17(6)12-16(5)13-20(21)30-23/h12-15H,8-11H2,1-7H3. The van der Waals surface area contributed by atoms with E-state index in [1.165, 1.54) is 5.56 Å². The highest BCUT2D eigenvalue weighted by atomic mass is 32.1. The van der Waals surface area contributed by atoms with Crippen LogP contribution < -0.4 is 4.90 Å². The fourth-order valence-electron chi connectivity index (χ4n) is 3.75. The SMILES string of the molecule is CCN(CC)CCN(C(=O)c1cc(C)nn1C(C)C)c1nc2c(C)cc(C)cc2s1. The first kappa shape index (κ1) is 22.4. The molecule has 0 N–H and O–H groups in total. The molecular formula is C23H33N5OS. The smallest absolute Gasteiger partial charge is 0.278 e. The van der Waals surface area contributed by atoms with Gasteiger partial charge in [0, 0.05) is 19.1 Å². The van der Waals surface area contributed by atoms with E-state index in [0.717, 1.165) is 46.2 Å². The molecule has 3 aromatic rings. The van der Waals surface area contributed by atoms with Gasteiger partial charge in [0.15, 0.2) is 5.13 Å². The number of fused-ring (bicyclic) bond motifs is 1. The number of aryl methyl sites for hydroxylation is 3. The average molecular weight is 428 g/mol. The minimum Gasteiger partial charge on any atom is -0.302 e. The van der Waals surface area contributed by atoms with Crippen LogP contribution in [0, 0.1) is 20.8 Å². The van der Waals surface area contributed by atoms with Crippen molar-refractivity contribution < 1.29 is 4.79 Å². The summed E-state index contributed by atoms with van der Waals surface area (Å²) in [5, 5.41) is 5.30. The molecule has 30 heavy (non-hydrogen) atoms. The minimum atomic E-state index is -0.0371. The molecule has 0 aliphatic heterocycles. The van der Waals surface area contributed by atoms with Gasteiger partial charge in [-0.3, -0.25) is 14.4 Å². The van der Waals surface area contributed by atoms with Crippen molar-refractivity contribution in [3.63, 3.8) is 0 Å². The van der Waals surface area contributed by atoms with E-state index in [0.29, 0.717) is 12.2 Å². The van der Waals surface area contributed by atoms with E-state index in [1.54, 1.807) is 11.3 Å². The van der Waals surface area contributed by atoms with E-state index in [4.69, 9.17) is 4.98 Å². The first-order valence-electron chi connectivity index (χ1n) is 10.7. The van der Waals surface area contributed by atoms with Gasteiger partial charge in [-0.1, -0.05) is 31.3 Å². The van der Waals surface area contributed by atoms with E-state index in [2.05, 4.69) is 49.8 Å². The highest BCUT2D eigenvalue weighted by Gasteiger charge is 2.26. The third-order valence-electron chi connectivity index (χ3n) is 5.40. The van der Waals surface area contributed by atoms with Crippen LogP contribution in [0.1, 0.15) is 61.0 Å². The van der Waals surface area contributed by atoms with E-state index in [1.807, 2.05) is 36.4 Å². The number of likely N-dealkylation sites (N-methyl/N-ethyl adjacent to an activating group) is 1. The summed E-state index contributed by atoms with van der Waals surface area (Å²) in [7, 11) is 0. The van der Waals surface area contributed by atoms with E-state index in [9.17, 15) is 4.79 Å². The fraction of sp³-hybridized carbons (Fsp3) is 0.522. The van der Waals surface area contributed by atoms with Gasteiger partial charge in [-0.05, 0) is 71.0 Å². The molecule has 1 amide bonds. The number of carbonyl (C=O) groups excluding carboxylic acids is 1. The van der Waals surface area contributed by atoms with Crippen molar-refractivity contribution in [1.82, 2.24) is 19.7 Å². The third-order valence-corrected chi connectivity index (χ3v) is 6.42. The van der Waals surface area contributed by atoms with Crippen LogP contribution in [-0.4, -0.2) is 51.8 Å². The predicted molar refractivity (Wildman–Crippen MR) is 126 cm³/mol. The summed E-state index contributed by atoms with van der Waals surface area (Å²) in [4.78, 5) is 22.8. The molecule has 0 aliphatic rings. The van der Waals surface area contributed by atoms with Crippen LogP contribution in [-0.2, 0) is 0 Å². The lowest BCUT2D eigenvalue weighted by molar-refractivity contribution is 0.0971. The zero-order valence-electron chi connectivity index (χ0n) is 19.2. The van der Waals surface area contributed by atoms with Crippen molar-refractivity contribution in [2.24, 2.45) is 0 Å². The van der Waals surface area contributed by atoms with Gasteiger partial charge in [0.1, 0.15) is 5.69 Å². The van der Waals surface area contributed by atoms with Crippen molar-refractivity contribution >= 4 is 32.6 Å². The number of aromatic nitrogens is 3. The van der Waals surface area contributed by atoms with Crippen LogP contribution in [0.5, 0.6) is 0 Å². The molecule has 7 heteroatoms. The monoisotopic (exact) mass is 427 g/mol. The second-order valence-electron chi connectivity index (χ2n) is 8.12. The summed E-state index contributed by atoms with van der Waals surface area (Å²) in [5.41, 5.74) is 4.81. The van der Waals surface area contributed by atoms with Crippen LogP contribution in [0.3, 0.4) is 0 Å². The molecule has 0 bridgehead atoms. The number of amides is 1. The van der Waals surface area contributed by atoms with Gasteiger partial charge in [0.25, 0.3) is 5.91 Å². The number of rotatable bonds is 8. The number of nitrogens with zero attached hydrogens (tertiary/aromatic N) is 5. The van der Waals surface area contributed by atoms with E-state index in [-0.39, 0.29) is 11.9 Å². The van der Waals surface area contributed by atoms with Crippen LogP contribution in [0.4, 0.5) is 5.13 Å². The zero-order valence-corrected chi connectivity index (χ0v) is 20.0. The second kappa shape index (κ2) is 9.27. The Labute approximate surface area is 183 Å². The molecule has 0 unspecified atom stereocenters. The van der Waals surface area contributed by atoms with Crippen molar-refractivity contribution in [3.05, 3.63) is 40.7 Å². The van der Waals surface area contributed by atoms with Crippen molar-refractivity contribution in [2.45, 2.75) is 54.5 Å². The number of benzene rings is 1. The quantitative estimate of drug-likeness (QED) is 0.508. The number of hydrogen-bond acceptors (Lipinski definition) is 5. The number of thiazole rings is 1. The molecule has 3 rings (SSSR count). The maximum atomic E-state index is 13.7. The molecule has 1 aromatic carbocycles. The van der Waals surface area contributed by atoms with Crippen molar-refractivity contribution in [2.75, 3.05) is 31.1 Å². The predicted octanol–water partition coefficient (Wildman–Crippen LogP) is 4.99. The molecule has 0 saturated heterocycles. The second-order valence-corrected chi connectivity index (χ2v) is 9.13. The minimum absolute atomic E-state index is 0.0371. The first-order chi connectivity index (χ1) is 14.2. The normalized spacial score (nSPS) is 11.8. The molecular weight excluding hydrogens is 394 g/mol. The molecule has 0 spiro atoms. The van der Waals surface area contributed by atoms with Crippen LogP contribution >= 0.6 is 11.3 Å². The van der Waals surface area contributed by atoms with Gasteiger partial charge in [0.2, 0.25) is 0 Å². The van der Waals surface area contributed by atoms with Crippen molar-refractivity contribution in [1.29, 1.82) is 0 Å². The summed E-state index contributed by atoms with van der Waals surface area (Å²) in [6.45, 7) is 17.8. The topological polar surface area (TPSA) is 54.3 Å². The Kier molecular flexibility index (Phi) is 6.93. The molecule has 0 saturated carbocycles. The van der Waals surface area contributed by atoms with Gasteiger partial charge in [-0.2, -0.15) is 5.10 Å². The fourth-order valence-corrected chi connectivity index (χ4v) is 4.91. The van der Waals surface area contributed by atoms with Crippen LogP contribution in [0.2, 0.25) is 0 Å². The summed E-state index contributed by atoms with van der Waals surface area (Å²) in [6, 6.07) is 6.29. The summed E-state index contributed by atoms with van der Waals surface area (Å²) in [6.07, 6.45) is 0. The Hall–Kier alpha value is -2.25. The molecule has 2 aromatic heterocycles. The summed E-state index contributed by atoms with van der Waals surface area (Å²) >= 11 is 1.59. The van der Waals surface area contributed by atoms with Gasteiger partial charge in [-0.15, -0.1) is 0 Å². The summed E-state index contributed by atoms with van der Waals surface area (Å²) in [5.74, 6) is -0.0371. The van der Waals surface area contributed by atoms with E-state index < -0.39 is 0 Å². The largest absolute Gasteiger partial charge is 0.302 e. The van der Waals surface area contributed by atoms with E-state index >= 15 is 0 Å². The maximum absolute atomic E-state index is 13.7. The Morgan fingerprint density at radius 3 is 2.43 bits per heavy atom. The molecule has 0 atom stereocenters. The Bertz CT molecular complexity index is 1030. The lowest BCUT2D eigenvalue weighted by Crippen LogP contribution is -2.39. The third kappa shape index (κ3) is 4.57. The van der Waals surface area contributed by atoms with Gasteiger partial charge < -0.3 is 4.90 Å². The lowest BCUT2D eigenvalue weighted by atomic mass is 10.1. The first-order valence-corrected chi connectivity index (χ1v) is 11.5. The molecule has 6 nitrogen and oxygen atoms in total. The molecule has 0 radical (unpaired) electrons. The molecule has 0 fully saturated rings.